The van der Waals surface area contributed by atoms with Gasteiger partial charge in [-0.15, -0.1) is 10.2 Å². The smallest absolute Gasteiger partial charge is 0.313 e. The fourth-order valence-electron chi connectivity index (χ4n) is 3.33. The monoisotopic (exact) mass is 348 g/mol. The van der Waals surface area contributed by atoms with Gasteiger partial charge in [-0.3, -0.25) is 4.79 Å². The van der Waals surface area contributed by atoms with Crippen LogP contribution in [0.1, 0.15) is 63.1 Å². The van der Waals surface area contributed by atoms with Crippen LogP contribution in [0.15, 0.2) is 22.4 Å². The molecule has 1 fully saturated rings. The van der Waals surface area contributed by atoms with Crippen molar-refractivity contribution >= 4 is 23.9 Å². The van der Waals surface area contributed by atoms with E-state index in [0.29, 0.717) is 17.0 Å². The molecule has 1 N–H and O–H groups in total. The molecule has 1 aromatic heterocycles. The fourth-order valence-corrected chi connectivity index (χ4v) is 3.94. The maximum absolute atomic E-state index is 10.9. The second kappa shape index (κ2) is 8.46. The first-order valence-corrected chi connectivity index (χ1v) is 9.72. The van der Waals surface area contributed by atoms with E-state index in [-0.39, 0.29) is 5.75 Å². The highest BCUT2D eigenvalue weighted by Crippen LogP contribution is 2.33. The summed E-state index contributed by atoms with van der Waals surface area (Å²) in [4.78, 5) is 10.9. The molecule has 0 spiro atoms. The predicted molar refractivity (Wildman–Crippen MR) is 94.6 cm³/mol. The first kappa shape index (κ1) is 17.2. The molecular weight excluding hydrogens is 324 g/mol. The van der Waals surface area contributed by atoms with E-state index in [2.05, 4.69) is 27.5 Å². The molecule has 3 rings (SSSR count). The van der Waals surface area contributed by atoms with Crippen LogP contribution in [0.4, 0.5) is 0 Å². The molecule has 1 saturated carbocycles. The van der Waals surface area contributed by atoms with Crippen molar-refractivity contribution in [1.82, 2.24) is 14.9 Å². The standard InChI is InChI=1S/C17H24N4O2S/c22-15(23)12-24-17-20-19-16(14-9-5-2-6-10-14)21(17)18-11-13-7-3-1-4-8-13/h1,3,11,13-14H,2,4-10,12H2,(H,22,23)/b18-11-/t13-/m0/s1. The Morgan fingerprint density at radius 2 is 2.12 bits per heavy atom. The minimum atomic E-state index is -0.852. The highest BCUT2D eigenvalue weighted by Gasteiger charge is 2.24. The molecule has 7 heteroatoms. The van der Waals surface area contributed by atoms with E-state index in [1.54, 1.807) is 4.68 Å². The van der Waals surface area contributed by atoms with E-state index in [1.807, 2.05) is 6.21 Å². The second-order valence-corrected chi connectivity index (χ2v) is 7.42. The number of hydrogen-bond acceptors (Lipinski definition) is 5. The second-order valence-electron chi connectivity index (χ2n) is 6.48. The number of aliphatic carboxylic acids is 1. The molecule has 0 aromatic carbocycles. The van der Waals surface area contributed by atoms with Crippen LogP contribution in [-0.2, 0) is 4.79 Å². The first-order valence-electron chi connectivity index (χ1n) is 8.73. The zero-order valence-corrected chi connectivity index (χ0v) is 14.6. The highest BCUT2D eigenvalue weighted by atomic mass is 32.2. The molecule has 0 amide bonds. The lowest BCUT2D eigenvalue weighted by Gasteiger charge is -2.20. The Labute approximate surface area is 146 Å². The SMILES string of the molecule is O=C(O)CSc1nnc(C2CCCCC2)n1/N=C\[C@H]1CC=CCC1. The normalized spacial score (nSPS) is 22.2. The highest BCUT2D eigenvalue weighted by molar-refractivity contribution is 7.99. The molecule has 0 unspecified atom stereocenters. The summed E-state index contributed by atoms with van der Waals surface area (Å²) < 4.78 is 1.79. The molecule has 0 radical (unpaired) electrons. The summed E-state index contributed by atoms with van der Waals surface area (Å²) in [5.74, 6) is 0.841. The quantitative estimate of drug-likeness (QED) is 0.482. The van der Waals surface area contributed by atoms with Gasteiger partial charge < -0.3 is 5.11 Å². The van der Waals surface area contributed by atoms with Crippen LogP contribution in [0.5, 0.6) is 0 Å². The van der Waals surface area contributed by atoms with Crippen LogP contribution in [-0.4, -0.2) is 37.9 Å². The van der Waals surface area contributed by atoms with E-state index in [9.17, 15) is 4.79 Å². The van der Waals surface area contributed by atoms with Crippen molar-refractivity contribution in [2.45, 2.75) is 62.4 Å². The van der Waals surface area contributed by atoms with Crippen LogP contribution >= 0.6 is 11.8 Å². The maximum Gasteiger partial charge on any atom is 0.313 e. The number of rotatable bonds is 6. The first-order chi connectivity index (χ1) is 11.7. The van der Waals surface area contributed by atoms with Crippen LogP contribution in [0.3, 0.4) is 0 Å². The lowest BCUT2D eigenvalue weighted by Crippen LogP contribution is -2.12. The number of thioether (sulfide) groups is 1. The molecular formula is C17H24N4O2S. The van der Waals surface area contributed by atoms with Gasteiger partial charge in [0.05, 0.1) is 5.75 Å². The van der Waals surface area contributed by atoms with E-state index >= 15 is 0 Å². The Bertz CT molecular complexity index is 620. The number of allylic oxidation sites excluding steroid dienone is 2. The third-order valence-electron chi connectivity index (χ3n) is 4.63. The van der Waals surface area contributed by atoms with Gasteiger partial charge in [0.2, 0.25) is 5.16 Å². The summed E-state index contributed by atoms with van der Waals surface area (Å²) in [7, 11) is 0. The number of aromatic nitrogens is 3. The molecule has 1 heterocycles. The minimum absolute atomic E-state index is 0.0233. The van der Waals surface area contributed by atoms with Gasteiger partial charge in [-0.1, -0.05) is 43.2 Å². The molecule has 1 atom stereocenters. The summed E-state index contributed by atoms with van der Waals surface area (Å²) in [5, 5.41) is 22.7. The molecule has 2 aliphatic rings. The van der Waals surface area contributed by atoms with Crippen molar-refractivity contribution in [2.75, 3.05) is 5.75 Å². The molecule has 24 heavy (non-hydrogen) atoms. The van der Waals surface area contributed by atoms with Gasteiger partial charge in [0.25, 0.3) is 0 Å². The topological polar surface area (TPSA) is 80.4 Å². The van der Waals surface area contributed by atoms with Crippen molar-refractivity contribution in [3.05, 3.63) is 18.0 Å². The van der Waals surface area contributed by atoms with Crippen LogP contribution in [0.2, 0.25) is 0 Å². The summed E-state index contributed by atoms with van der Waals surface area (Å²) in [5.41, 5.74) is 0. The molecule has 2 aliphatic carbocycles. The lowest BCUT2D eigenvalue weighted by atomic mass is 9.89. The number of hydrogen-bond donors (Lipinski definition) is 1. The Morgan fingerprint density at radius 3 is 2.83 bits per heavy atom. The van der Waals surface area contributed by atoms with Gasteiger partial charge in [0, 0.05) is 12.1 Å². The molecule has 6 nitrogen and oxygen atoms in total. The van der Waals surface area contributed by atoms with Crippen LogP contribution in [0.25, 0.3) is 0 Å². The van der Waals surface area contributed by atoms with E-state index in [0.717, 1.165) is 37.9 Å². The zero-order chi connectivity index (χ0) is 16.8. The maximum atomic E-state index is 10.9. The summed E-state index contributed by atoms with van der Waals surface area (Å²) in [6.07, 6.45) is 15.6. The molecule has 0 saturated heterocycles. The van der Waals surface area contributed by atoms with Crippen molar-refractivity contribution < 1.29 is 9.90 Å². The number of carboxylic acids is 1. The van der Waals surface area contributed by atoms with Crippen molar-refractivity contribution in [3.8, 4) is 0 Å². The Kier molecular flexibility index (Phi) is 6.07. The van der Waals surface area contributed by atoms with Crippen molar-refractivity contribution in [2.24, 2.45) is 11.0 Å². The van der Waals surface area contributed by atoms with Gasteiger partial charge in [0.1, 0.15) is 0 Å². The average Bonchev–Trinajstić information content (AvgIpc) is 3.02. The predicted octanol–water partition coefficient (Wildman–Crippen LogP) is 3.69. The Hall–Kier alpha value is -1.63. The van der Waals surface area contributed by atoms with Crippen molar-refractivity contribution in [3.63, 3.8) is 0 Å². The minimum Gasteiger partial charge on any atom is -0.481 e. The number of nitrogens with zero attached hydrogens (tertiary/aromatic N) is 4. The number of carboxylic acid groups (broad SMARTS) is 1. The Balaban J connectivity index is 1.80. The van der Waals surface area contributed by atoms with E-state index in [4.69, 9.17) is 5.11 Å². The summed E-state index contributed by atoms with van der Waals surface area (Å²) >= 11 is 1.19. The zero-order valence-electron chi connectivity index (χ0n) is 13.8. The molecule has 0 bridgehead atoms. The van der Waals surface area contributed by atoms with Crippen LogP contribution in [0, 0.1) is 5.92 Å². The molecule has 1 aromatic rings. The third kappa shape index (κ3) is 4.47. The fraction of sp³-hybridized carbons (Fsp3) is 0.647. The van der Waals surface area contributed by atoms with Gasteiger partial charge in [-0.25, -0.2) is 0 Å². The van der Waals surface area contributed by atoms with Gasteiger partial charge in [0.15, 0.2) is 5.82 Å². The van der Waals surface area contributed by atoms with Gasteiger partial charge >= 0.3 is 5.97 Å². The van der Waals surface area contributed by atoms with Gasteiger partial charge in [-0.2, -0.15) is 9.78 Å². The Morgan fingerprint density at radius 1 is 1.29 bits per heavy atom. The van der Waals surface area contributed by atoms with Crippen LogP contribution < -0.4 is 0 Å². The molecule has 0 aliphatic heterocycles. The number of carbonyl (C=O) groups is 1. The van der Waals surface area contributed by atoms with Gasteiger partial charge in [-0.05, 0) is 38.0 Å². The summed E-state index contributed by atoms with van der Waals surface area (Å²) in [6.45, 7) is 0. The third-order valence-corrected chi connectivity index (χ3v) is 5.54. The lowest BCUT2D eigenvalue weighted by molar-refractivity contribution is -0.133. The van der Waals surface area contributed by atoms with E-state index in [1.165, 1.54) is 31.0 Å². The largest absolute Gasteiger partial charge is 0.481 e. The average molecular weight is 348 g/mol. The van der Waals surface area contributed by atoms with Crippen molar-refractivity contribution in [1.29, 1.82) is 0 Å². The molecule has 130 valence electrons. The summed E-state index contributed by atoms with van der Waals surface area (Å²) in [6, 6.07) is 0. The van der Waals surface area contributed by atoms with E-state index < -0.39 is 5.97 Å².